The van der Waals surface area contributed by atoms with E-state index in [1.54, 1.807) is 6.20 Å². The van der Waals surface area contributed by atoms with Gasteiger partial charge in [-0.05, 0) is 55.6 Å². The van der Waals surface area contributed by atoms with Crippen LogP contribution in [0.3, 0.4) is 0 Å². The van der Waals surface area contributed by atoms with E-state index in [0.29, 0.717) is 11.3 Å². The third kappa shape index (κ3) is 4.46. The maximum absolute atomic E-state index is 12.0. The maximum atomic E-state index is 12.0. The molecular formula is C18H27NO3. The quantitative estimate of drug-likeness (QED) is 0.805. The number of ether oxygens (including phenoxy) is 1. The van der Waals surface area contributed by atoms with Crippen LogP contribution in [0.5, 0.6) is 0 Å². The molecule has 1 saturated carbocycles. The Morgan fingerprint density at radius 2 is 1.91 bits per heavy atom. The van der Waals surface area contributed by atoms with E-state index < -0.39 is 0 Å². The minimum Gasteiger partial charge on any atom is -0.461 e. The topological polar surface area (TPSA) is 48.3 Å². The zero-order valence-electron chi connectivity index (χ0n) is 14.1. The van der Waals surface area contributed by atoms with E-state index in [9.17, 15) is 9.59 Å². The fraction of sp³-hybridized carbons (Fsp3) is 0.667. The van der Waals surface area contributed by atoms with Crippen molar-refractivity contribution >= 4 is 5.97 Å². The van der Waals surface area contributed by atoms with Gasteiger partial charge >= 0.3 is 5.97 Å². The zero-order chi connectivity index (χ0) is 16.3. The molecule has 0 saturated heterocycles. The van der Waals surface area contributed by atoms with Crippen molar-refractivity contribution in [3.63, 3.8) is 0 Å². The van der Waals surface area contributed by atoms with Gasteiger partial charge in [0, 0.05) is 12.3 Å². The Bertz CT molecular complexity index is 575. The summed E-state index contributed by atoms with van der Waals surface area (Å²) in [6, 6.07) is 3.35. The lowest BCUT2D eigenvalue weighted by Crippen LogP contribution is -2.32. The summed E-state index contributed by atoms with van der Waals surface area (Å²) in [4.78, 5) is 23.8. The molecule has 0 spiro atoms. The first-order valence-corrected chi connectivity index (χ1v) is 8.12. The minimum absolute atomic E-state index is 0.00167. The molecule has 1 aromatic rings. The van der Waals surface area contributed by atoms with E-state index >= 15 is 0 Å². The van der Waals surface area contributed by atoms with Gasteiger partial charge in [-0.15, -0.1) is 0 Å². The largest absolute Gasteiger partial charge is 0.461 e. The molecule has 122 valence electrons. The molecule has 0 bridgehead atoms. The second kappa shape index (κ2) is 6.67. The van der Waals surface area contributed by atoms with Crippen LogP contribution in [0, 0.1) is 18.3 Å². The lowest BCUT2D eigenvalue weighted by Gasteiger charge is -2.36. The number of esters is 1. The number of carbonyl (C=O) groups excluding carboxylic acids is 1. The number of pyridine rings is 1. The van der Waals surface area contributed by atoms with Crippen LogP contribution in [0.15, 0.2) is 23.1 Å². The van der Waals surface area contributed by atoms with Crippen LogP contribution in [0.1, 0.15) is 52.0 Å². The molecule has 0 N–H and O–H groups in total. The molecule has 1 fully saturated rings. The number of hydrogen-bond acceptors (Lipinski definition) is 3. The van der Waals surface area contributed by atoms with Crippen LogP contribution in [-0.4, -0.2) is 16.6 Å². The molecule has 2 rings (SSSR count). The number of aromatic nitrogens is 1. The molecule has 1 aromatic heterocycles. The number of hydrogen-bond donors (Lipinski definition) is 0. The summed E-state index contributed by atoms with van der Waals surface area (Å²) >= 11 is 0. The van der Waals surface area contributed by atoms with Crippen LogP contribution >= 0.6 is 0 Å². The zero-order valence-corrected chi connectivity index (χ0v) is 14.1. The molecular weight excluding hydrogens is 278 g/mol. The van der Waals surface area contributed by atoms with Crippen molar-refractivity contribution in [2.24, 2.45) is 11.3 Å². The van der Waals surface area contributed by atoms with Crippen molar-refractivity contribution < 1.29 is 9.53 Å². The number of carbonyl (C=O) groups is 1. The van der Waals surface area contributed by atoms with Crippen molar-refractivity contribution in [1.29, 1.82) is 0 Å². The van der Waals surface area contributed by atoms with Gasteiger partial charge in [0.15, 0.2) is 0 Å². The average Bonchev–Trinajstić information content (AvgIpc) is 2.41. The Balaban J connectivity index is 1.85. The van der Waals surface area contributed by atoms with Crippen LogP contribution in [-0.2, 0) is 16.1 Å². The fourth-order valence-electron chi connectivity index (χ4n) is 3.15. The third-order valence-corrected chi connectivity index (χ3v) is 4.65. The van der Waals surface area contributed by atoms with Gasteiger partial charge in [0.2, 0.25) is 0 Å². The highest BCUT2D eigenvalue weighted by Gasteiger charge is 2.31. The molecule has 0 unspecified atom stereocenters. The first kappa shape index (κ1) is 16.8. The molecule has 22 heavy (non-hydrogen) atoms. The summed E-state index contributed by atoms with van der Waals surface area (Å²) in [7, 11) is 0. The van der Waals surface area contributed by atoms with Crippen molar-refractivity contribution in [2.45, 2.75) is 66.0 Å². The summed E-state index contributed by atoms with van der Waals surface area (Å²) in [5.74, 6) is 0.382. The van der Waals surface area contributed by atoms with E-state index in [-0.39, 0.29) is 24.2 Å². The highest BCUT2D eigenvalue weighted by Crippen LogP contribution is 2.38. The van der Waals surface area contributed by atoms with Gasteiger partial charge in [0.05, 0.1) is 0 Å². The lowest BCUT2D eigenvalue weighted by molar-refractivity contribution is -0.152. The lowest BCUT2D eigenvalue weighted by atomic mass is 9.72. The summed E-state index contributed by atoms with van der Waals surface area (Å²) in [6.07, 6.45) is 5.72. The van der Waals surface area contributed by atoms with E-state index in [1.807, 2.05) is 13.0 Å². The minimum atomic E-state index is -0.315. The van der Waals surface area contributed by atoms with Crippen LogP contribution in [0.4, 0.5) is 0 Å². The van der Waals surface area contributed by atoms with Gasteiger partial charge in [-0.2, -0.15) is 0 Å². The van der Waals surface area contributed by atoms with Crippen molar-refractivity contribution in [1.82, 2.24) is 4.57 Å². The molecule has 4 heteroatoms. The summed E-state index contributed by atoms with van der Waals surface area (Å²) in [6.45, 7) is 8.67. The Morgan fingerprint density at radius 1 is 1.27 bits per heavy atom. The highest BCUT2D eigenvalue weighted by molar-refractivity contribution is 5.69. The van der Waals surface area contributed by atoms with E-state index in [0.717, 1.165) is 31.2 Å². The van der Waals surface area contributed by atoms with Crippen LogP contribution in [0.2, 0.25) is 0 Å². The molecule has 1 heterocycles. The highest BCUT2D eigenvalue weighted by atomic mass is 16.5. The summed E-state index contributed by atoms with van der Waals surface area (Å²) in [5, 5.41) is 0. The van der Waals surface area contributed by atoms with E-state index in [2.05, 4.69) is 20.8 Å². The summed E-state index contributed by atoms with van der Waals surface area (Å²) < 4.78 is 6.94. The second-order valence-corrected chi connectivity index (χ2v) is 7.50. The van der Waals surface area contributed by atoms with Crippen LogP contribution < -0.4 is 5.56 Å². The van der Waals surface area contributed by atoms with Crippen LogP contribution in [0.25, 0.3) is 0 Å². The smallest absolute Gasteiger partial charge is 0.326 e. The van der Waals surface area contributed by atoms with Gasteiger partial charge < -0.3 is 9.30 Å². The normalized spacial score (nSPS) is 22.4. The van der Waals surface area contributed by atoms with Gasteiger partial charge in [0.1, 0.15) is 12.6 Å². The predicted molar refractivity (Wildman–Crippen MR) is 86.7 cm³/mol. The second-order valence-electron chi connectivity index (χ2n) is 7.50. The molecule has 1 aliphatic rings. The average molecular weight is 305 g/mol. The molecule has 0 amide bonds. The first-order chi connectivity index (χ1) is 10.3. The Hall–Kier alpha value is -1.58. The summed E-state index contributed by atoms with van der Waals surface area (Å²) in [5.41, 5.74) is 1.06. The van der Waals surface area contributed by atoms with Crippen molar-refractivity contribution in [3.05, 3.63) is 34.2 Å². The van der Waals surface area contributed by atoms with Crippen molar-refractivity contribution in [2.75, 3.05) is 0 Å². The van der Waals surface area contributed by atoms with E-state index in [4.69, 9.17) is 4.74 Å². The van der Waals surface area contributed by atoms with Gasteiger partial charge in [-0.1, -0.05) is 20.8 Å². The molecule has 0 aromatic carbocycles. The van der Waals surface area contributed by atoms with Gasteiger partial charge in [0.25, 0.3) is 5.56 Å². The monoisotopic (exact) mass is 305 g/mol. The van der Waals surface area contributed by atoms with Crippen molar-refractivity contribution in [3.8, 4) is 0 Å². The van der Waals surface area contributed by atoms with Gasteiger partial charge in [-0.25, -0.2) is 0 Å². The Labute approximate surface area is 132 Å². The number of aryl methyl sites for hydroxylation is 1. The maximum Gasteiger partial charge on any atom is 0.326 e. The standard InChI is InChI=1S/C18H27NO3/c1-13-9-10-19(16(20)11-13)12-17(21)22-15-7-5-14(6-8-15)18(2,3)4/h9-11,14-15H,5-8,12H2,1-4H3. The van der Waals surface area contributed by atoms with Gasteiger partial charge in [-0.3, -0.25) is 9.59 Å². The Kier molecular flexibility index (Phi) is 5.09. The predicted octanol–water partition coefficient (Wildman–Crippen LogP) is 3.30. The number of nitrogens with zero attached hydrogens (tertiary/aromatic N) is 1. The number of rotatable bonds is 3. The molecule has 0 radical (unpaired) electrons. The first-order valence-electron chi connectivity index (χ1n) is 8.12. The molecule has 1 aliphatic carbocycles. The molecule has 0 atom stereocenters. The van der Waals surface area contributed by atoms with E-state index in [1.165, 1.54) is 10.6 Å². The third-order valence-electron chi connectivity index (χ3n) is 4.65. The molecule has 4 nitrogen and oxygen atoms in total. The SMILES string of the molecule is Cc1ccn(CC(=O)OC2CCC(C(C)(C)C)CC2)c(=O)c1. The fourth-order valence-corrected chi connectivity index (χ4v) is 3.15. The molecule has 0 aliphatic heterocycles. The Morgan fingerprint density at radius 3 is 2.45 bits per heavy atom.